The van der Waals surface area contributed by atoms with Gasteiger partial charge in [-0.2, -0.15) is 0 Å². The Morgan fingerprint density at radius 3 is 1.42 bits per heavy atom. The Bertz CT molecular complexity index is 736. The maximum atomic E-state index is 12.6. The van der Waals surface area contributed by atoms with Crippen LogP contribution in [0.25, 0.3) is 0 Å². The molecule has 0 aromatic rings. The highest BCUT2D eigenvalue weighted by atomic mass is 16.5. The average Bonchev–Trinajstić information content (AvgIpc) is 2.83. The molecule has 0 bridgehead atoms. The maximum absolute atomic E-state index is 12.6. The van der Waals surface area contributed by atoms with Crippen molar-refractivity contribution in [1.29, 1.82) is 0 Å². The van der Waals surface area contributed by atoms with Gasteiger partial charge in [-0.05, 0) is 47.0 Å². The molecule has 3 atom stereocenters. The first-order valence-corrected chi connectivity index (χ1v) is 12.5. The monoisotopic (exact) mass is 515 g/mol. The van der Waals surface area contributed by atoms with Crippen molar-refractivity contribution < 1.29 is 47.7 Å². The van der Waals surface area contributed by atoms with Gasteiger partial charge in [0, 0.05) is 32.1 Å². The summed E-state index contributed by atoms with van der Waals surface area (Å²) < 4.78 is 19.7. The molecule has 0 heterocycles. The number of hydrogen-bond acceptors (Lipinski definition) is 11. The van der Waals surface area contributed by atoms with Gasteiger partial charge in [0.2, 0.25) is 0 Å². The molecule has 0 spiro atoms. The molecule has 0 saturated heterocycles. The summed E-state index contributed by atoms with van der Waals surface area (Å²) in [6, 6.07) is -1.01. The van der Waals surface area contributed by atoms with E-state index in [0.717, 1.165) is 0 Å². The minimum atomic E-state index is -1.01. The van der Waals surface area contributed by atoms with Gasteiger partial charge < -0.3 is 24.7 Å². The Morgan fingerprint density at radius 1 is 0.583 bits per heavy atom. The van der Waals surface area contributed by atoms with Crippen LogP contribution in [0.4, 0.5) is 0 Å². The average molecular weight is 516 g/mol. The van der Waals surface area contributed by atoms with Crippen molar-refractivity contribution in [2.75, 3.05) is 26.4 Å². The number of esters is 4. The van der Waals surface area contributed by atoms with Crippen molar-refractivity contribution in [3.05, 3.63) is 0 Å². The van der Waals surface area contributed by atoms with E-state index < -0.39 is 47.5 Å². The second-order valence-electron chi connectivity index (χ2n) is 8.14. The van der Waals surface area contributed by atoms with Gasteiger partial charge in [-0.15, -0.1) is 0 Å². The Morgan fingerprint density at radius 2 is 1.00 bits per heavy atom. The lowest BCUT2D eigenvalue weighted by molar-refractivity contribution is -0.152. The highest BCUT2D eigenvalue weighted by molar-refractivity contribution is 5.89. The third-order valence-electron chi connectivity index (χ3n) is 5.31. The molecule has 0 fully saturated rings. The predicted octanol–water partition coefficient (Wildman–Crippen LogP) is 2.06. The van der Waals surface area contributed by atoms with Crippen LogP contribution in [0.3, 0.4) is 0 Å². The van der Waals surface area contributed by atoms with Crippen LogP contribution in [0.15, 0.2) is 0 Å². The number of carbonyl (C=O) groups is 6. The molecule has 0 aliphatic heterocycles. The topological polar surface area (TPSA) is 165 Å². The van der Waals surface area contributed by atoms with Crippen LogP contribution in [0, 0.1) is 11.8 Å². The van der Waals surface area contributed by atoms with Crippen LogP contribution in [0.1, 0.15) is 79.1 Å². The lowest BCUT2D eigenvalue weighted by atomic mass is 9.91. The third kappa shape index (κ3) is 14.6. The SMILES string of the molecule is CCOC(=O)CC[C@H](CC(=O)CC[C@H](N)C(=O)C[C@@H](CCC(=O)OCC)C(=O)OCC)C(=O)OCC. The van der Waals surface area contributed by atoms with Crippen LogP contribution < -0.4 is 5.73 Å². The highest BCUT2D eigenvalue weighted by Crippen LogP contribution is 2.19. The van der Waals surface area contributed by atoms with Gasteiger partial charge in [-0.1, -0.05) is 0 Å². The molecule has 206 valence electrons. The number of ketones is 2. The van der Waals surface area contributed by atoms with Crippen LogP contribution in [0.2, 0.25) is 0 Å². The molecule has 0 aliphatic rings. The lowest BCUT2D eigenvalue weighted by Crippen LogP contribution is -2.34. The molecule has 0 saturated carbocycles. The van der Waals surface area contributed by atoms with Gasteiger partial charge in [0.25, 0.3) is 0 Å². The predicted molar refractivity (Wildman–Crippen MR) is 128 cm³/mol. The molecule has 0 radical (unpaired) electrons. The second-order valence-corrected chi connectivity index (χ2v) is 8.14. The minimum absolute atomic E-state index is 0.0242. The van der Waals surface area contributed by atoms with E-state index in [0.29, 0.717) is 0 Å². The summed E-state index contributed by atoms with van der Waals surface area (Å²) in [6.45, 7) is 7.30. The van der Waals surface area contributed by atoms with Gasteiger partial charge in [-0.3, -0.25) is 28.8 Å². The van der Waals surface area contributed by atoms with E-state index >= 15 is 0 Å². The molecule has 0 amide bonds. The van der Waals surface area contributed by atoms with E-state index in [2.05, 4.69) is 0 Å². The normalized spacial score (nSPS) is 13.1. The highest BCUT2D eigenvalue weighted by Gasteiger charge is 2.28. The molecule has 2 N–H and O–H groups in total. The molecule has 0 unspecified atom stereocenters. The molecule has 36 heavy (non-hydrogen) atoms. The second kappa shape index (κ2) is 19.4. The zero-order chi connectivity index (χ0) is 27.5. The molecule has 11 heteroatoms. The summed E-state index contributed by atoms with van der Waals surface area (Å²) in [4.78, 5) is 72.8. The number of ether oxygens (including phenoxy) is 4. The van der Waals surface area contributed by atoms with E-state index in [1.54, 1.807) is 27.7 Å². The van der Waals surface area contributed by atoms with Crippen LogP contribution in [0.5, 0.6) is 0 Å². The smallest absolute Gasteiger partial charge is 0.309 e. The minimum Gasteiger partial charge on any atom is -0.466 e. The number of rotatable bonds is 20. The number of carbonyl (C=O) groups excluding carboxylic acids is 6. The third-order valence-corrected chi connectivity index (χ3v) is 5.31. The quantitative estimate of drug-likeness (QED) is 0.186. The molecule has 11 nitrogen and oxygen atoms in total. The summed E-state index contributed by atoms with van der Waals surface area (Å²) in [5.41, 5.74) is 5.96. The summed E-state index contributed by atoms with van der Waals surface area (Å²) in [6.07, 6.45) is -0.286. The first-order chi connectivity index (χ1) is 17.1. The fraction of sp³-hybridized carbons (Fsp3) is 0.760. The Balaban J connectivity index is 4.90. The van der Waals surface area contributed by atoms with Crippen molar-refractivity contribution in [3.8, 4) is 0 Å². The number of hydrogen-bond donors (Lipinski definition) is 1. The lowest BCUT2D eigenvalue weighted by Gasteiger charge is -2.18. The van der Waals surface area contributed by atoms with Gasteiger partial charge in [0.1, 0.15) is 11.6 Å². The van der Waals surface area contributed by atoms with Gasteiger partial charge in [0.05, 0.1) is 44.3 Å². The molecule has 0 aromatic heterocycles. The van der Waals surface area contributed by atoms with Gasteiger partial charge >= 0.3 is 23.9 Å². The summed E-state index contributed by atoms with van der Waals surface area (Å²) >= 11 is 0. The Hall–Kier alpha value is -2.82. The van der Waals surface area contributed by atoms with Crippen LogP contribution in [-0.2, 0) is 47.7 Å². The largest absolute Gasteiger partial charge is 0.466 e. The van der Waals surface area contributed by atoms with E-state index in [1.807, 2.05) is 0 Å². The van der Waals surface area contributed by atoms with Gasteiger partial charge in [0.15, 0.2) is 0 Å². The standard InChI is InChI=1S/C25H41NO10/c1-5-33-22(29)13-9-17(24(31)35-7-3)15-19(27)11-12-20(26)21(28)16-18(25(32)36-8-4)10-14-23(30)34-6-2/h17-18,20H,5-16,26H2,1-4H3/t17-,18-,20+/m1/s1. The fourth-order valence-electron chi connectivity index (χ4n) is 3.43. The first-order valence-electron chi connectivity index (χ1n) is 12.5. The molecular weight excluding hydrogens is 474 g/mol. The summed E-state index contributed by atoms with van der Waals surface area (Å²) in [7, 11) is 0. The van der Waals surface area contributed by atoms with E-state index in [9.17, 15) is 28.8 Å². The number of Topliss-reactive ketones (excluding diaryl/α,β-unsaturated/α-hetero) is 2. The van der Waals surface area contributed by atoms with Gasteiger partial charge in [-0.25, -0.2) is 0 Å². The van der Waals surface area contributed by atoms with Crippen molar-refractivity contribution >= 4 is 35.4 Å². The maximum Gasteiger partial charge on any atom is 0.309 e. The summed E-state index contributed by atoms with van der Waals surface area (Å²) in [5.74, 6) is -4.51. The Kier molecular flexibility index (Phi) is 17.9. The Labute approximate surface area is 212 Å². The van der Waals surface area contributed by atoms with Crippen molar-refractivity contribution in [2.24, 2.45) is 17.6 Å². The molecule has 0 rings (SSSR count). The van der Waals surface area contributed by atoms with Crippen LogP contribution in [-0.4, -0.2) is 67.9 Å². The summed E-state index contributed by atoms with van der Waals surface area (Å²) in [5, 5.41) is 0. The van der Waals surface area contributed by atoms with E-state index in [-0.39, 0.29) is 83.6 Å². The zero-order valence-electron chi connectivity index (χ0n) is 21.9. The van der Waals surface area contributed by atoms with E-state index in [1.165, 1.54) is 0 Å². The molecule has 0 aromatic carbocycles. The first kappa shape index (κ1) is 33.2. The fourth-order valence-corrected chi connectivity index (χ4v) is 3.43. The molecular formula is C25H41NO10. The van der Waals surface area contributed by atoms with E-state index in [4.69, 9.17) is 24.7 Å². The van der Waals surface area contributed by atoms with Crippen LogP contribution >= 0.6 is 0 Å². The number of nitrogens with two attached hydrogens (primary N) is 1. The zero-order valence-corrected chi connectivity index (χ0v) is 21.9. The molecule has 0 aliphatic carbocycles. The van der Waals surface area contributed by atoms with Crippen molar-refractivity contribution in [2.45, 2.75) is 85.1 Å². The van der Waals surface area contributed by atoms with Crippen molar-refractivity contribution in [3.63, 3.8) is 0 Å². The van der Waals surface area contributed by atoms with Crippen molar-refractivity contribution in [1.82, 2.24) is 0 Å².